The third-order valence-corrected chi connectivity index (χ3v) is 4.68. The van der Waals surface area contributed by atoms with Crippen LogP contribution in [0, 0.1) is 11.3 Å². The Morgan fingerprint density at radius 3 is 2.68 bits per heavy atom. The number of nitrogens with zero attached hydrogens (tertiary/aromatic N) is 4. The molecule has 1 aromatic heterocycles. The second kappa shape index (κ2) is 7.69. The topological polar surface area (TPSA) is 74.7 Å². The largest absolute Gasteiger partial charge is 0.507 e. The Morgan fingerprint density at radius 1 is 1.16 bits per heavy atom. The van der Waals surface area contributed by atoms with Gasteiger partial charge in [0, 0.05) is 12.3 Å². The fourth-order valence-corrected chi connectivity index (χ4v) is 3.40. The van der Waals surface area contributed by atoms with E-state index in [9.17, 15) is 10.4 Å². The van der Waals surface area contributed by atoms with Gasteiger partial charge in [0.05, 0.1) is 17.2 Å². The molecule has 0 aliphatic heterocycles. The summed E-state index contributed by atoms with van der Waals surface area (Å²) in [5.41, 5.74) is 2.24. The first kappa shape index (κ1) is 16.8. The minimum Gasteiger partial charge on any atom is -0.507 e. The maximum atomic E-state index is 10.1. The first-order valence-corrected chi connectivity index (χ1v) is 8.66. The standard InChI is InChI=1S/C19H16N4OS/c1-2-11-23-18(16-9-5-6-10-17(16)24)21-22-19(23)25-13-15-8-4-3-7-14(15)12-20/h2-10,24H,1,11,13H2. The molecule has 3 rings (SSSR count). The normalized spacial score (nSPS) is 10.4. The highest BCUT2D eigenvalue weighted by Gasteiger charge is 2.16. The van der Waals surface area contributed by atoms with Gasteiger partial charge in [-0.1, -0.05) is 48.2 Å². The van der Waals surface area contributed by atoms with Gasteiger partial charge >= 0.3 is 0 Å². The molecule has 5 nitrogen and oxygen atoms in total. The molecule has 2 aromatic carbocycles. The van der Waals surface area contributed by atoms with Gasteiger partial charge < -0.3 is 5.11 Å². The summed E-state index contributed by atoms with van der Waals surface area (Å²) >= 11 is 1.50. The molecule has 0 aliphatic rings. The minimum atomic E-state index is 0.159. The van der Waals surface area contributed by atoms with Crippen LogP contribution in [0.5, 0.6) is 5.75 Å². The Bertz CT molecular complexity index is 943. The lowest BCUT2D eigenvalue weighted by atomic mass is 10.1. The summed E-state index contributed by atoms with van der Waals surface area (Å²) in [5, 5.41) is 28.5. The number of para-hydroxylation sites is 1. The Morgan fingerprint density at radius 2 is 1.92 bits per heavy atom. The molecule has 0 spiro atoms. The van der Waals surface area contributed by atoms with Crippen molar-refractivity contribution in [2.45, 2.75) is 17.5 Å². The van der Waals surface area contributed by atoms with Gasteiger partial charge in [-0.25, -0.2) is 0 Å². The van der Waals surface area contributed by atoms with Gasteiger partial charge in [0.1, 0.15) is 5.75 Å². The summed E-state index contributed by atoms with van der Waals surface area (Å²) in [5.74, 6) is 1.36. The van der Waals surface area contributed by atoms with Crippen LogP contribution in [0.15, 0.2) is 66.3 Å². The van der Waals surface area contributed by atoms with Crippen molar-refractivity contribution in [2.24, 2.45) is 0 Å². The van der Waals surface area contributed by atoms with Crippen LogP contribution < -0.4 is 0 Å². The molecule has 6 heteroatoms. The molecule has 0 radical (unpaired) electrons. The van der Waals surface area contributed by atoms with Gasteiger partial charge in [-0.15, -0.1) is 16.8 Å². The van der Waals surface area contributed by atoms with Crippen molar-refractivity contribution < 1.29 is 5.11 Å². The zero-order chi connectivity index (χ0) is 17.6. The highest BCUT2D eigenvalue weighted by molar-refractivity contribution is 7.98. The average Bonchev–Trinajstić information content (AvgIpc) is 3.03. The molecule has 0 amide bonds. The Labute approximate surface area is 150 Å². The lowest BCUT2D eigenvalue weighted by Crippen LogP contribution is -2.01. The van der Waals surface area contributed by atoms with Crippen LogP contribution >= 0.6 is 11.8 Å². The third kappa shape index (κ3) is 3.57. The quantitative estimate of drug-likeness (QED) is 0.538. The second-order valence-electron chi connectivity index (χ2n) is 5.28. The van der Waals surface area contributed by atoms with Crippen molar-refractivity contribution >= 4 is 11.8 Å². The molecule has 3 aromatic rings. The first-order valence-electron chi connectivity index (χ1n) is 7.68. The average molecular weight is 348 g/mol. The molecular weight excluding hydrogens is 332 g/mol. The number of benzene rings is 2. The SMILES string of the molecule is C=CCn1c(SCc2ccccc2C#N)nnc1-c1ccccc1O. The number of hydrogen-bond acceptors (Lipinski definition) is 5. The van der Waals surface area contributed by atoms with E-state index in [1.165, 1.54) is 11.8 Å². The van der Waals surface area contributed by atoms with E-state index < -0.39 is 0 Å². The number of allylic oxidation sites excluding steroid dienone is 1. The number of phenolic OH excluding ortho intramolecular Hbond substituents is 1. The molecule has 1 heterocycles. The van der Waals surface area contributed by atoms with Crippen LogP contribution in [0.3, 0.4) is 0 Å². The fourth-order valence-electron chi connectivity index (χ4n) is 2.45. The lowest BCUT2D eigenvalue weighted by molar-refractivity contribution is 0.476. The second-order valence-corrected chi connectivity index (χ2v) is 6.22. The molecule has 0 atom stereocenters. The van der Waals surface area contributed by atoms with E-state index in [4.69, 9.17) is 0 Å². The molecule has 0 bridgehead atoms. The Kier molecular flexibility index (Phi) is 5.17. The molecular formula is C19H16N4OS. The van der Waals surface area contributed by atoms with E-state index in [-0.39, 0.29) is 5.75 Å². The predicted molar refractivity (Wildman–Crippen MR) is 98.0 cm³/mol. The molecule has 0 fully saturated rings. The van der Waals surface area contributed by atoms with Gasteiger partial charge in [0.2, 0.25) is 0 Å². The van der Waals surface area contributed by atoms with Gasteiger partial charge in [0.15, 0.2) is 11.0 Å². The highest BCUT2D eigenvalue weighted by atomic mass is 32.2. The van der Waals surface area contributed by atoms with Gasteiger partial charge in [0.25, 0.3) is 0 Å². The molecule has 1 N–H and O–H groups in total. The van der Waals surface area contributed by atoms with E-state index in [1.54, 1.807) is 30.3 Å². The van der Waals surface area contributed by atoms with Crippen molar-refractivity contribution in [2.75, 3.05) is 0 Å². The smallest absolute Gasteiger partial charge is 0.192 e. The highest BCUT2D eigenvalue weighted by Crippen LogP contribution is 2.31. The van der Waals surface area contributed by atoms with Gasteiger partial charge in [-0.3, -0.25) is 4.57 Å². The van der Waals surface area contributed by atoms with Crippen LogP contribution in [-0.2, 0) is 12.3 Å². The van der Waals surface area contributed by atoms with Crippen molar-refractivity contribution in [1.82, 2.24) is 14.8 Å². The van der Waals surface area contributed by atoms with Crippen LogP contribution in [0.4, 0.5) is 0 Å². The summed E-state index contributed by atoms with van der Waals surface area (Å²) in [7, 11) is 0. The number of thioether (sulfide) groups is 1. The Balaban J connectivity index is 1.91. The van der Waals surface area contributed by atoms with E-state index >= 15 is 0 Å². The fraction of sp³-hybridized carbons (Fsp3) is 0.105. The van der Waals surface area contributed by atoms with Crippen LogP contribution in [0.2, 0.25) is 0 Å². The summed E-state index contributed by atoms with van der Waals surface area (Å²) in [6.07, 6.45) is 1.76. The number of aromatic nitrogens is 3. The predicted octanol–water partition coefficient (Wildman–Crippen LogP) is 4.00. The van der Waals surface area contributed by atoms with E-state index in [1.807, 2.05) is 28.8 Å². The molecule has 0 aliphatic carbocycles. The van der Waals surface area contributed by atoms with Gasteiger partial charge in [-0.2, -0.15) is 5.26 Å². The molecule has 124 valence electrons. The minimum absolute atomic E-state index is 0.159. The third-order valence-electron chi connectivity index (χ3n) is 3.67. The van der Waals surface area contributed by atoms with Crippen molar-refractivity contribution in [1.29, 1.82) is 5.26 Å². The molecule has 0 saturated heterocycles. The summed E-state index contributed by atoms with van der Waals surface area (Å²) < 4.78 is 1.90. The number of phenols is 1. The number of hydrogen-bond donors (Lipinski definition) is 1. The van der Waals surface area contributed by atoms with Crippen molar-refractivity contribution in [3.05, 3.63) is 72.3 Å². The number of rotatable bonds is 6. The first-order chi connectivity index (χ1) is 12.2. The van der Waals surface area contributed by atoms with Crippen LogP contribution in [0.25, 0.3) is 11.4 Å². The number of nitriles is 1. The maximum Gasteiger partial charge on any atom is 0.192 e. The number of aromatic hydroxyl groups is 1. The summed E-state index contributed by atoms with van der Waals surface area (Å²) in [6, 6.07) is 16.7. The van der Waals surface area contributed by atoms with E-state index in [0.29, 0.717) is 34.4 Å². The maximum absolute atomic E-state index is 10.1. The van der Waals surface area contributed by atoms with Gasteiger partial charge in [-0.05, 0) is 23.8 Å². The Hall–Kier alpha value is -3.04. The zero-order valence-corrected chi connectivity index (χ0v) is 14.3. The lowest BCUT2D eigenvalue weighted by Gasteiger charge is -2.09. The molecule has 0 unspecified atom stereocenters. The summed E-state index contributed by atoms with van der Waals surface area (Å²) in [4.78, 5) is 0. The summed E-state index contributed by atoms with van der Waals surface area (Å²) in [6.45, 7) is 4.32. The van der Waals surface area contributed by atoms with Crippen molar-refractivity contribution in [3.8, 4) is 23.2 Å². The molecule has 0 saturated carbocycles. The van der Waals surface area contributed by atoms with Crippen molar-refractivity contribution in [3.63, 3.8) is 0 Å². The molecule has 25 heavy (non-hydrogen) atoms. The van der Waals surface area contributed by atoms with E-state index in [0.717, 1.165) is 5.56 Å². The van der Waals surface area contributed by atoms with Crippen LogP contribution in [-0.4, -0.2) is 19.9 Å². The monoisotopic (exact) mass is 348 g/mol. The zero-order valence-electron chi connectivity index (χ0n) is 13.5. The van der Waals surface area contributed by atoms with E-state index in [2.05, 4.69) is 22.8 Å². The van der Waals surface area contributed by atoms with Crippen LogP contribution in [0.1, 0.15) is 11.1 Å².